The van der Waals surface area contributed by atoms with Crippen molar-refractivity contribution in [2.75, 3.05) is 13.2 Å². The minimum Gasteiger partial charge on any atom is -0.468 e. The second-order valence-corrected chi connectivity index (χ2v) is 3.09. The second kappa shape index (κ2) is 6.61. The average molecular weight is 222 g/mol. The number of hydrogen-bond acceptors (Lipinski definition) is 4. The van der Waals surface area contributed by atoms with Gasteiger partial charge >= 0.3 is 5.97 Å². The molecule has 1 aromatic carbocycles. The van der Waals surface area contributed by atoms with Gasteiger partial charge in [-0.1, -0.05) is 18.2 Å². The van der Waals surface area contributed by atoms with Crippen molar-refractivity contribution >= 4 is 12.4 Å². The van der Waals surface area contributed by atoms with Gasteiger partial charge in [-0.25, -0.2) is 4.79 Å². The first-order chi connectivity index (χ1) is 7.79. The maximum absolute atomic E-state index is 11.6. The summed E-state index contributed by atoms with van der Waals surface area (Å²) in [6, 6.07) is 7.13. The average Bonchev–Trinajstić information content (AvgIpc) is 2.30. The van der Waals surface area contributed by atoms with E-state index in [1.54, 1.807) is 19.1 Å². The van der Waals surface area contributed by atoms with E-state index in [1.807, 2.05) is 12.1 Å². The van der Waals surface area contributed by atoms with Gasteiger partial charge in [0, 0.05) is 6.42 Å². The Morgan fingerprint density at radius 1 is 1.38 bits per heavy atom. The molecular weight excluding hydrogens is 208 g/mol. The van der Waals surface area contributed by atoms with Gasteiger partial charge in [0.25, 0.3) is 6.47 Å². The fourth-order valence-corrected chi connectivity index (χ4v) is 1.36. The van der Waals surface area contributed by atoms with E-state index in [2.05, 4.69) is 4.74 Å². The molecule has 1 rings (SSSR count). The van der Waals surface area contributed by atoms with Crippen LogP contribution in [0.2, 0.25) is 0 Å². The van der Waals surface area contributed by atoms with E-state index in [1.165, 1.54) is 0 Å². The van der Waals surface area contributed by atoms with Crippen LogP contribution in [0.25, 0.3) is 0 Å². The third-order valence-corrected chi connectivity index (χ3v) is 2.07. The highest BCUT2D eigenvalue weighted by atomic mass is 16.5. The molecule has 0 aliphatic carbocycles. The van der Waals surface area contributed by atoms with Gasteiger partial charge in [0.1, 0.15) is 0 Å². The molecular formula is C12H14O4. The second-order valence-electron chi connectivity index (χ2n) is 3.09. The van der Waals surface area contributed by atoms with Crippen molar-refractivity contribution in [3.8, 4) is 0 Å². The van der Waals surface area contributed by atoms with Gasteiger partial charge in [-0.05, 0) is 18.6 Å². The van der Waals surface area contributed by atoms with Crippen molar-refractivity contribution in [1.82, 2.24) is 0 Å². The molecule has 0 amide bonds. The lowest BCUT2D eigenvalue weighted by Crippen LogP contribution is -2.09. The molecule has 0 N–H and O–H groups in total. The van der Waals surface area contributed by atoms with Crippen LogP contribution in [0.5, 0.6) is 0 Å². The third-order valence-electron chi connectivity index (χ3n) is 2.07. The van der Waals surface area contributed by atoms with Crippen molar-refractivity contribution in [1.29, 1.82) is 0 Å². The number of ether oxygens (including phenoxy) is 2. The molecule has 0 atom stereocenters. The molecule has 4 heteroatoms. The van der Waals surface area contributed by atoms with Crippen molar-refractivity contribution < 1.29 is 19.1 Å². The minimum atomic E-state index is -0.343. The molecule has 0 spiro atoms. The molecule has 0 saturated carbocycles. The predicted molar refractivity (Wildman–Crippen MR) is 58.1 cm³/mol. The molecule has 16 heavy (non-hydrogen) atoms. The third kappa shape index (κ3) is 3.38. The SMILES string of the molecule is CCOC(=O)c1ccccc1CCOC=O. The largest absolute Gasteiger partial charge is 0.468 e. The molecule has 0 unspecified atom stereocenters. The first-order valence-corrected chi connectivity index (χ1v) is 5.10. The highest BCUT2D eigenvalue weighted by molar-refractivity contribution is 5.91. The Labute approximate surface area is 94.2 Å². The summed E-state index contributed by atoms with van der Waals surface area (Å²) in [6.45, 7) is 2.76. The normalized spacial score (nSPS) is 9.56. The van der Waals surface area contributed by atoms with E-state index in [9.17, 15) is 9.59 Å². The molecule has 0 bridgehead atoms. The smallest absolute Gasteiger partial charge is 0.338 e. The summed E-state index contributed by atoms with van der Waals surface area (Å²) >= 11 is 0. The fraction of sp³-hybridized carbons (Fsp3) is 0.333. The Kier molecular flexibility index (Phi) is 5.05. The van der Waals surface area contributed by atoms with Crippen LogP contribution in [-0.2, 0) is 20.7 Å². The summed E-state index contributed by atoms with van der Waals surface area (Å²) in [5, 5.41) is 0. The fourth-order valence-electron chi connectivity index (χ4n) is 1.36. The van der Waals surface area contributed by atoms with Crippen LogP contribution in [0.4, 0.5) is 0 Å². The van der Waals surface area contributed by atoms with Crippen LogP contribution in [0.1, 0.15) is 22.8 Å². The van der Waals surface area contributed by atoms with Crippen LogP contribution in [0, 0.1) is 0 Å². The monoisotopic (exact) mass is 222 g/mol. The Morgan fingerprint density at radius 3 is 2.81 bits per heavy atom. The standard InChI is InChI=1S/C12H14O4/c1-2-16-12(14)11-6-4-3-5-10(11)7-8-15-9-13/h3-6,9H,2,7-8H2,1H3. The highest BCUT2D eigenvalue weighted by Crippen LogP contribution is 2.11. The molecule has 0 heterocycles. The lowest BCUT2D eigenvalue weighted by molar-refractivity contribution is -0.128. The molecule has 0 aliphatic rings. The van der Waals surface area contributed by atoms with Crippen LogP contribution in [0.3, 0.4) is 0 Å². The van der Waals surface area contributed by atoms with E-state index >= 15 is 0 Å². The van der Waals surface area contributed by atoms with E-state index in [-0.39, 0.29) is 12.6 Å². The molecule has 0 aliphatic heterocycles. The number of carbonyl (C=O) groups is 2. The molecule has 0 saturated heterocycles. The molecule has 0 radical (unpaired) electrons. The zero-order chi connectivity index (χ0) is 11.8. The summed E-state index contributed by atoms with van der Waals surface area (Å²) in [5.41, 5.74) is 1.35. The summed E-state index contributed by atoms with van der Waals surface area (Å²) in [7, 11) is 0. The van der Waals surface area contributed by atoms with Gasteiger partial charge in [0.15, 0.2) is 0 Å². The summed E-state index contributed by atoms with van der Waals surface area (Å²) in [5.74, 6) is -0.343. The lowest BCUT2D eigenvalue weighted by atomic mass is 10.1. The summed E-state index contributed by atoms with van der Waals surface area (Å²) in [6.07, 6.45) is 0.508. The van der Waals surface area contributed by atoms with Gasteiger partial charge in [0.2, 0.25) is 0 Å². The van der Waals surface area contributed by atoms with Crippen LogP contribution >= 0.6 is 0 Å². The number of hydrogen-bond donors (Lipinski definition) is 0. The van der Waals surface area contributed by atoms with Crippen LogP contribution in [-0.4, -0.2) is 25.7 Å². The summed E-state index contributed by atoms with van der Waals surface area (Å²) < 4.78 is 9.53. The number of esters is 1. The van der Waals surface area contributed by atoms with Gasteiger partial charge in [-0.15, -0.1) is 0 Å². The molecule has 0 aromatic heterocycles. The molecule has 86 valence electrons. The van der Waals surface area contributed by atoms with Crippen molar-refractivity contribution in [3.05, 3.63) is 35.4 Å². The number of rotatable bonds is 6. The molecule has 0 fully saturated rings. The first-order valence-electron chi connectivity index (χ1n) is 5.10. The lowest BCUT2D eigenvalue weighted by Gasteiger charge is -2.07. The molecule has 1 aromatic rings. The minimum absolute atomic E-state index is 0.264. The topological polar surface area (TPSA) is 52.6 Å². The van der Waals surface area contributed by atoms with Gasteiger partial charge in [-0.3, -0.25) is 4.79 Å². The Bertz CT molecular complexity index is 360. The van der Waals surface area contributed by atoms with Crippen LogP contribution in [0.15, 0.2) is 24.3 Å². The highest BCUT2D eigenvalue weighted by Gasteiger charge is 2.11. The van der Waals surface area contributed by atoms with E-state index in [0.29, 0.717) is 25.1 Å². The van der Waals surface area contributed by atoms with E-state index < -0.39 is 0 Å². The maximum Gasteiger partial charge on any atom is 0.338 e. The van der Waals surface area contributed by atoms with Crippen molar-refractivity contribution in [2.45, 2.75) is 13.3 Å². The molecule has 4 nitrogen and oxygen atoms in total. The van der Waals surface area contributed by atoms with E-state index in [0.717, 1.165) is 5.56 Å². The maximum atomic E-state index is 11.6. The first kappa shape index (κ1) is 12.2. The Hall–Kier alpha value is -1.84. The van der Waals surface area contributed by atoms with Crippen LogP contribution < -0.4 is 0 Å². The number of carbonyl (C=O) groups excluding carboxylic acids is 2. The van der Waals surface area contributed by atoms with Gasteiger partial charge in [0.05, 0.1) is 18.8 Å². The van der Waals surface area contributed by atoms with Crippen molar-refractivity contribution in [3.63, 3.8) is 0 Å². The van der Waals surface area contributed by atoms with Gasteiger partial charge < -0.3 is 9.47 Å². The zero-order valence-electron chi connectivity index (χ0n) is 9.14. The predicted octanol–water partition coefficient (Wildman–Crippen LogP) is 1.58. The van der Waals surface area contributed by atoms with Crippen molar-refractivity contribution in [2.24, 2.45) is 0 Å². The Balaban J connectivity index is 2.74. The van der Waals surface area contributed by atoms with Gasteiger partial charge in [-0.2, -0.15) is 0 Å². The zero-order valence-corrected chi connectivity index (χ0v) is 9.14. The number of benzene rings is 1. The quantitative estimate of drug-likeness (QED) is 0.416. The van der Waals surface area contributed by atoms with E-state index in [4.69, 9.17) is 4.74 Å². The Morgan fingerprint density at radius 2 is 2.12 bits per heavy atom. The summed E-state index contributed by atoms with van der Waals surface area (Å²) in [4.78, 5) is 21.6.